The number of amides is 2. The zero-order chi connectivity index (χ0) is 19.6. The van der Waals surface area contributed by atoms with Crippen molar-refractivity contribution in [3.63, 3.8) is 0 Å². The molecule has 1 saturated carbocycles. The van der Waals surface area contributed by atoms with Gasteiger partial charge in [-0.25, -0.2) is 0 Å². The van der Waals surface area contributed by atoms with Crippen LogP contribution < -0.4 is 5.32 Å². The molecule has 0 saturated heterocycles. The summed E-state index contributed by atoms with van der Waals surface area (Å²) >= 11 is 0. The summed E-state index contributed by atoms with van der Waals surface area (Å²) in [5.41, 5.74) is 1.34. The van der Waals surface area contributed by atoms with Crippen molar-refractivity contribution in [2.24, 2.45) is 0 Å². The number of carbonyl (C=O) groups excluding carboxylic acids is 2. The maximum Gasteiger partial charge on any atom is 0.471 e. The molecular formula is C18H18F3N3O3. The molecule has 27 heavy (non-hydrogen) atoms. The molecule has 1 fully saturated rings. The maximum atomic E-state index is 12.6. The molecule has 0 unspecified atom stereocenters. The Morgan fingerprint density at radius 2 is 2.04 bits per heavy atom. The van der Waals surface area contributed by atoms with Crippen LogP contribution in [0.4, 0.5) is 13.2 Å². The number of unbranched alkanes of at least 4 members (excludes halogenated alkanes) is 1. The number of rotatable bonds is 6. The summed E-state index contributed by atoms with van der Waals surface area (Å²) in [4.78, 5) is 27.6. The van der Waals surface area contributed by atoms with Crippen LogP contribution >= 0.6 is 0 Å². The van der Waals surface area contributed by atoms with E-state index in [9.17, 15) is 22.8 Å². The van der Waals surface area contributed by atoms with Gasteiger partial charge in [-0.05, 0) is 42.9 Å². The highest BCUT2D eigenvalue weighted by Gasteiger charge is 2.38. The molecule has 1 aromatic carbocycles. The molecule has 144 valence electrons. The van der Waals surface area contributed by atoms with Crippen LogP contribution in [-0.4, -0.2) is 22.0 Å². The fourth-order valence-corrected chi connectivity index (χ4v) is 2.69. The number of hydrogen-bond donors (Lipinski definition) is 1. The quantitative estimate of drug-likeness (QED) is 0.815. The largest absolute Gasteiger partial charge is 0.471 e. The highest BCUT2D eigenvalue weighted by atomic mass is 19.4. The molecule has 1 aliphatic rings. The second-order valence-corrected chi connectivity index (χ2v) is 6.48. The zero-order valence-corrected chi connectivity index (χ0v) is 14.6. The van der Waals surface area contributed by atoms with E-state index in [-0.39, 0.29) is 24.1 Å². The summed E-state index contributed by atoms with van der Waals surface area (Å²) in [6.45, 7) is 1.95. The average Bonchev–Trinajstić information content (AvgIpc) is 3.33. The van der Waals surface area contributed by atoms with Crippen molar-refractivity contribution >= 4 is 11.8 Å². The van der Waals surface area contributed by atoms with Gasteiger partial charge in [0.25, 0.3) is 5.91 Å². The van der Waals surface area contributed by atoms with E-state index in [4.69, 9.17) is 0 Å². The molecule has 9 heteroatoms. The van der Waals surface area contributed by atoms with E-state index in [0.29, 0.717) is 23.1 Å². The number of hydrogen-bond acceptors (Lipinski definition) is 5. The molecule has 2 amide bonds. The Morgan fingerprint density at radius 3 is 2.63 bits per heavy atom. The average molecular weight is 381 g/mol. The molecule has 1 heterocycles. The van der Waals surface area contributed by atoms with Gasteiger partial charge in [-0.2, -0.15) is 18.2 Å². The number of nitrogens with one attached hydrogen (secondary N) is 1. The van der Waals surface area contributed by atoms with Crippen LogP contribution in [0.25, 0.3) is 11.4 Å². The molecule has 0 radical (unpaired) electrons. The van der Waals surface area contributed by atoms with Crippen LogP contribution in [0.15, 0.2) is 22.7 Å². The number of imide groups is 1. The minimum Gasteiger partial charge on any atom is -0.329 e. The summed E-state index contributed by atoms with van der Waals surface area (Å²) < 4.78 is 42.2. The first-order chi connectivity index (χ1) is 12.8. The first-order valence-electron chi connectivity index (χ1n) is 8.69. The lowest BCUT2D eigenvalue weighted by molar-refractivity contribution is -0.159. The number of carbonyl (C=O) groups is 2. The van der Waals surface area contributed by atoms with Gasteiger partial charge in [0, 0.05) is 17.5 Å². The molecule has 1 aromatic heterocycles. The van der Waals surface area contributed by atoms with Gasteiger partial charge in [-0.1, -0.05) is 24.6 Å². The Morgan fingerprint density at radius 1 is 1.30 bits per heavy atom. The van der Waals surface area contributed by atoms with E-state index in [1.54, 1.807) is 6.07 Å². The van der Waals surface area contributed by atoms with Gasteiger partial charge >= 0.3 is 12.1 Å². The van der Waals surface area contributed by atoms with E-state index in [1.807, 2.05) is 6.92 Å². The molecule has 2 aromatic rings. The Labute approximate surface area is 153 Å². The summed E-state index contributed by atoms with van der Waals surface area (Å²) in [7, 11) is 0. The lowest BCUT2D eigenvalue weighted by atomic mass is 9.99. The summed E-state index contributed by atoms with van der Waals surface area (Å²) in [5.74, 6) is -2.34. The summed E-state index contributed by atoms with van der Waals surface area (Å²) in [6, 6.07) is 4.52. The molecule has 0 aliphatic heterocycles. The standard InChI is InChI=1S/C18H18F3N3O3/c1-2-3-4-14(25)22-16(26)12-8-7-11(9-13(12)10-5-6-10)15-23-17(27-24-15)18(19,20)21/h7-10H,2-6H2,1H3,(H,22,25,26). The van der Waals surface area contributed by atoms with Crippen molar-refractivity contribution in [2.75, 3.05) is 0 Å². The van der Waals surface area contributed by atoms with Crippen molar-refractivity contribution < 1.29 is 27.3 Å². The third-order valence-electron chi connectivity index (χ3n) is 4.25. The first-order valence-corrected chi connectivity index (χ1v) is 8.69. The van der Waals surface area contributed by atoms with Crippen molar-refractivity contribution in [3.8, 4) is 11.4 Å². The summed E-state index contributed by atoms with van der Waals surface area (Å²) in [5, 5.41) is 5.73. The summed E-state index contributed by atoms with van der Waals surface area (Å²) in [6.07, 6.45) is -1.19. The van der Waals surface area contributed by atoms with Crippen molar-refractivity contribution in [3.05, 3.63) is 35.2 Å². The Bertz CT molecular complexity index is 857. The molecule has 3 rings (SSSR count). The lowest BCUT2D eigenvalue weighted by Crippen LogP contribution is -2.30. The van der Waals surface area contributed by atoms with E-state index in [2.05, 4.69) is 20.0 Å². The molecule has 6 nitrogen and oxygen atoms in total. The van der Waals surface area contributed by atoms with Crippen molar-refractivity contribution in [2.45, 2.75) is 51.1 Å². The molecule has 0 atom stereocenters. The zero-order valence-electron chi connectivity index (χ0n) is 14.6. The Hall–Kier alpha value is -2.71. The minimum absolute atomic E-state index is 0.130. The van der Waals surface area contributed by atoms with Crippen molar-refractivity contribution in [1.29, 1.82) is 0 Å². The third kappa shape index (κ3) is 4.53. The number of aromatic nitrogens is 2. The second kappa shape index (κ2) is 7.50. The van der Waals surface area contributed by atoms with Crippen molar-refractivity contribution in [1.82, 2.24) is 15.5 Å². The highest BCUT2D eigenvalue weighted by Crippen LogP contribution is 2.43. The van der Waals surface area contributed by atoms with Crippen LogP contribution in [0.3, 0.4) is 0 Å². The second-order valence-electron chi connectivity index (χ2n) is 6.48. The smallest absolute Gasteiger partial charge is 0.329 e. The fourth-order valence-electron chi connectivity index (χ4n) is 2.69. The van der Waals surface area contributed by atoms with Gasteiger partial charge in [-0.3, -0.25) is 14.9 Å². The Balaban J connectivity index is 1.84. The number of halogens is 3. The normalized spacial score (nSPS) is 14.2. The van der Waals surface area contributed by atoms with E-state index in [0.717, 1.165) is 19.3 Å². The van der Waals surface area contributed by atoms with E-state index in [1.165, 1.54) is 12.1 Å². The van der Waals surface area contributed by atoms with Crippen LogP contribution in [0, 0.1) is 0 Å². The monoisotopic (exact) mass is 381 g/mol. The van der Waals surface area contributed by atoms with Gasteiger partial charge in [0.2, 0.25) is 11.7 Å². The van der Waals surface area contributed by atoms with Crippen LogP contribution in [0.2, 0.25) is 0 Å². The van der Waals surface area contributed by atoms with Gasteiger partial charge in [0.05, 0.1) is 0 Å². The van der Waals surface area contributed by atoms with E-state index >= 15 is 0 Å². The number of nitrogens with zero attached hydrogens (tertiary/aromatic N) is 2. The van der Waals surface area contributed by atoms with Crippen LogP contribution in [0.5, 0.6) is 0 Å². The van der Waals surface area contributed by atoms with Crippen LogP contribution in [0.1, 0.15) is 66.8 Å². The number of benzene rings is 1. The molecule has 0 spiro atoms. The van der Waals surface area contributed by atoms with E-state index < -0.39 is 18.0 Å². The fraction of sp³-hybridized carbons (Fsp3) is 0.444. The Kier molecular flexibility index (Phi) is 5.29. The molecular weight excluding hydrogens is 363 g/mol. The SMILES string of the molecule is CCCCC(=O)NC(=O)c1ccc(-c2noc(C(F)(F)F)n2)cc1C1CC1. The predicted octanol–water partition coefficient (Wildman–Crippen LogP) is 4.08. The van der Waals surface area contributed by atoms with Gasteiger partial charge in [0.1, 0.15) is 0 Å². The van der Waals surface area contributed by atoms with Crippen LogP contribution in [-0.2, 0) is 11.0 Å². The highest BCUT2D eigenvalue weighted by molar-refractivity contribution is 6.05. The molecule has 0 bridgehead atoms. The maximum absolute atomic E-state index is 12.6. The molecule has 1 aliphatic carbocycles. The van der Waals surface area contributed by atoms with Gasteiger partial charge in [-0.15, -0.1) is 0 Å². The first kappa shape index (κ1) is 19.1. The predicted molar refractivity (Wildman–Crippen MR) is 88.7 cm³/mol. The topological polar surface area (TPSA) is 85.1 Å². The molecule has 1 N–H and O–H groups in total. The third-order valence-corrected chi connectivity index (χ3v) is 4.25. The van der Waals surface area contributed by atoms with Gasteiger partial charge < -0.3 is 4.52 Å². The van der Waals surface area contributed by atoms with Gasteiger partial charge in [0.15, 0.2) is 0 Å². The lowest BCUT2D eigenvalue weighted by Gasteiger charge is -2.10. The number of alkyl halides is 3. The minimum atomic E-state index is -4.72.